The van der Waals surface area contributed by atoms with Gasteiger partial charge in [-0.15, -0.1) is 22.7 Å². The van der Waals surface area contributed by atoms with E-state index < -0.39 is 0 Å². The summed E-state index contributed by atoms with van der Waals surface area (Å²) in [5.41, 5.74) is 1.19. The molecule has 1 fully saturated rings. The molecule has 4 heterocycles. The minimum absolute atomic E-state index is 0.102. The molecular formula is C18H23N4O2S2+. The molecule has 3 aromatic rings. The Morgan fingerprint density at radius 3 is 2.85 bits per heavy atom. The van der Waals surface area contributed by atoms with Crippen LogP contribution in [0.5, 0.6) is 0 Å². The normalized spacial score (nSPS) is 15.6. The molecule has 26 heavy (non-hydrogen) atoms. The maximum Gasteiger partial charge on any atom is 0.187 e. The number of hydrogen-bond acceptors (Lipinski definition) is 7. The van der Waals surface area contributed by atoms with Gasteiger partial charge < -0.3 is 19.6 Å². The molecule has 8 heteroatoms. The number of hydrogen-bond donors (Lipinski definition) is 2. The first-order chi connectivity index (χ1) is 12.8. The molecule has 4 rings (SSSR count). The number of nitrogens with zero attached hydrogens (tertiary/aromatic N) is 3. The summed E-state index contributed by atoms with van der Waals surface area (Å²) in [5, 5.41) is 14.8. The number of quaternary nitrogens is 1. The minimum atomic E-state index is 0.102. The number of aliphatic hydroxyl groups is 1. The lowest BCUT2D eigenvalue weighted by Crippen LogP contribution is -3.12. The number of nitrogens with one attached hydrogen (secondary N) is 1. The third kappa shape index (κ3) is 3.60. The lowest BCUT2D eigenvalue weighted by molar-refractivity contribution is -0.922. The second kappa shape index (κ2) is 7.98. The van der Waals surface area contributed by atoms with Crippen molar-refractivity contribution in [1.82, 2.24) is 9.97 Å². The largest absolute Gasteiger partial charge is 0.395 e. The fraction of sp³-hybridized carbons (Fsp3) is 0.444. The molecule has 138 valence electrons. The van der Waals surface area contributed by atoms with Crippen LogP contribution in [0, 0.1) is 0 Å². The van der Waals surface area contributed by atoms with Crippen molar-refractivity contribution in [3.63, 3.8) is 0 Å². The van der Waals surface area contributed by atoms with Crippen molar-refractivity contribution in [1.29, 1.82) is 0 Å². The highest BCUT2D eigenvalue weighted by Crippen LogP contribution is 2.39. The molecule has 0 amide bonds. The highest BCUT2D eigenvalue weighted by atomic mass is 32.1. The van der Waals surface area contributed by atoms with Gasteiger partial charge in [-0.2, -0.15) is 0 Å². The molecule has 2 N–H and O–H groups in total. The van der Waals surface area contributed by atoms with Crippen molar-refractivity contribution < 1.29 is 14.7 Å². The third-order valence-corrected chi connectivity index (χ3v) is 6.43. The SMILES string of the molecule is CN(CCO)c1nc(C[NH+]2CCOCC2)nc2scc(-c3cccs3)c12. The van der Waals surface area contributed by atoms with Gasteiger partial charge in [-0.3, -0.25) is 0 Å². The topological polar surface area (TPSA) is 62.9 Å². The van der Waals surface area contributed by atoms with E-state index in [4.69, 9.17) is 14.7 Å². The maximum atomic E-state index is 9.41. The Bertz CT molecular complexity index is 860. The van der Waals surface area contributed by atoms with Crippen molar-refractivity contribution in [3.05, 3.63) is 28.7 Å². The fourth-order valence-electron chi connectivity index (χ4n) is 3.25. The summed E-state index contributed by atoms with van der Waals surface area (Å²) in [7, 11) is 1.99. The highest BCUT2D eigenvalue weighted by molar-refractivity contribution is 7.18. The predicted molar refractivity (Wildman–Crippen MR) is 106 cm³/mol. The Morgan fingerprint density at radius 1 is 1.27 bits per heavy atom. The molecule has 0 bridgehead atoms. The van der Waals surface area contributed by atoms with Gasteiger partial charge in [-0.25, -0.2) is 9.97 Å². The van der Waals surface area contributed by atoms with Crippen LogP contribution in [0.2, 0.25) is 0 Å². The van der Waals surface area contributed by atoms with Gasteiger partial charge in [0.1, 0.15) is 30.3 Å². The Hall–Kier alpha value is -1.58. The van der Waals surface area contributed by atoms with Crippen molar-refractivity contribution in [2.45, 2.75) is 6.54 Å². The van der Waals surface area contributed by atoms with Crippen LogP contribution in [0.15, 0.2) is 22.9 Å². The van der Waals surface area contributed by atoms with Crippen LogP contribution in [0.4, 0.5) is 5.82 Å². The quantitative estimate of drug-likeness (QED) is 0.663. The van der Waals surface area contributed by atoms with Gasteiger partial charge in [0.15, 0.2) is 5.82 Å². The number of rotatable bonds is 6. The molecule has 0 saturated carbocycles. The summed E-state index contributed by atoms with van der Waals surface area (Å²) in [6, 6.07) is 4.20. The number of likely N-dealkylation sites (N-methyl/N-ethyl adjacent to an activating group) is 1. The van der Waals surface area contributed by atoms with Crippen molar-refractivity contribution in [2.75, 3.05) is 51.4 Å². The predicted octanol–water partition coefficient (Wildman–Crippen LogP) is 1.26. The molecule has 0 radical (unpaired) electrons. The Balaban J connectivity index is 1.76. The van der Waals surface area contributed by atoms with E-state index in [9.17, 15) is 5.11 Å². The van der Waals surface area contributed by atoms with E-state index in [1.165, 1.54) is 15.3 Å². The number of ether oxygens (including phenoxy) is 1. The zero-order valence-electron chi connectivity index (χ0n) is 14.8. The van der Waals surface area contributed by atoms with E-state index in [0.29, 0.717) is 6.54 Å². The number of aliphatic hydroxyl groups excluding tert-OH is 1. The van der Waals surface area contributed by atoms with Crippen molar-refractivity contribution in [2.24, 2.45) is 0 Å². The fourth-order valence-corrected chi connectivity index (χ4v) is 5.03. The number of fused-ring (bicyclic) bond motifs is 1. The van der Waals surface area contributed by atoms with E-state index in [0.717, 1.165) is 54.7 Å². The molecule has 1 aliphatic rings. The van der Waals surface area contributed by atoms with Gasteiger partial charge >= 0.3 is 0 Å². The van der Waals surface area contributed by atoms with Gasteiger partial charge in [-0.1, -0.05) is 6.07 Å². The zero-order valence-corrected chi connectivity index (χ0v) is 16.4. The summed E-state index contributed by atoms with van der Waals surface area (Å²) in [6.07, 6.45) is 0. The minimum Gasteiger partial charge on any atom is -0.395 e. The molecule has 0 spiro atoms. The monoisotopic (exact) mass is 391 g/mol. The number of thiophene rings is 2. The molecule has 6 nitrogen and oxygen atoms in total. The standard InChI is InChI=1S/C18H22N4O2S2/c1-21(4-7-23)17-16-13(14-3-2-10-25-14)12-26-18(16)20-15(19-17)11-22-5-8-24-9-6-22/h2-3,10,12,23H,4-9,11H2,1H3/p+1. The van der Waals surface area contributed by atoms with E-state index >= 15 is 0 Å². The molecule has 3 aromatic heterocycles. The first-order valence-electron chi connectivity index (χ1n) is 8.81. The van der Waals surface area contributed by atoms with E-state index in [1.807, 2.05) is 11.9 Å². The van der Waals surface area contributed by atoms with Crippen LogP contribution >= 0.6 is 22.7 Å². The van der Waals surface area contributed by atoms with Gasteiger partial charge in [0.25, 0.3) is 0 Å². The van der Waals surface area contributed by atoms with Crippen LogP contribution in [-0.4, -0.2) is 61.6 Å². The molecule has 1 aliphatic heterocycles. The van der Waals surface area contributed by atoms with Crippen LogP contribution in [0.25, 0.3) is 20.7 Å². The van der Waals surface area contributed by atoms with Gasteiger partial charge in [-0.05, 0) is 11.4 Å². The Kier molecular flexibility index (Phi) is 5.46. The average Bonchev–Trinajstić information content (AvgIpc) is 3.31. The highest BCUT2D eigenvalue weighted by Gasteiger charge is 2.21. The second-order valence-electron chi connectivity index (χ2n) is 6.45. The van der Waals surface area contributed by atoms with Gasteiger partial charge in [0, 0.05) is 29.4 Å². The molecule has 0 unspecified atom stereocenters. The Morgan fingerprint density at radius 2 is 2.12 bits per heavy atom. The summed E-state index contributed by atoms with van der Waals surface area (Å²) < 4.78 is 5.45. The van der Waals surface area contributed by atoms with Crippen LogP contribution < -0.4 is 9.80 Å². The van der Waals surface area contributed by atoms with E-state index in [1.54, 1.807) is 22.7 Å². The smallest absolute Gasteiger partial charge is 0.187 e. The third-order valence-electron chi connectivity index (χ3n) is 4.65. The van der Waals surface area contributed by atoms with E-state index in [-0.39, 0.29) is 6.61 Å². The van der Waals surface area contributed by atoms with E-state index in [2.05, 4.69) is 22.9 Å². The number of morpholine rings is 1. The maximum absolute atomic E-state index is 9.41. The first-order valence-corrected chi connectivity index (χ1v) is 10.6. The molecule has 0 atom stereocenters. The molecular weight excluding hydrogens is 368 g/mol. The number of anilines is 1. The zero-order chi connectivity index (χ0) is 17.9. The lowest BCUT2D eigenvalue weighted by atomic mass is 10.2. The van der Waals surface area contributed by atoms with Crippen LogP contribution in [0.3, 0.4) is 0 Å². The van der Waals surface area contributed by atoms with Crippen LogP contribution in [-0.2, 0) is 11.3 Å². The van der Waals surface area contributed by atoms with Crippen molar-refractivity contribution in [3.8, 4) is 10.4 Å². The average molecular weight is 392 g/mol. The molecule has 0 aliphatic carbocycles. The van der Waals surface area contributed by atoms with Crippen LogP contribution in [0.1, 0.15) is 5.82 Å². The van der Waals surface area contributed by atoms with Gasteiger partial charge in [0.2, 0.25) is 0 Å². The van der Waals surface area contributed by atoms with Crippen molar-refractivity contribution >= 4 is 38.7 Å². The first kappa shape index (κ1) is 17.8. The summed E-state index contributed by atoms with van der Waals surface area (Å²) >= 11 is 3.40. The Labute approximate surface area is 160 Å². The van der Waals surface area contributed by atoms with Gasteiger partial charge in [0.05, 0.1) is 25.2 Å². The summed E-state index contributed by atoms with van der Waals surface area (Å²) in [4.78, 5) is 15.5. The number of aromatic nitrogens is 2. The summed E-state index contributed by atoms with van der Waals surface area (Å²) in [5.74, 6) is 1.78. The second-order valence-corrected chi connectivity index (χ2v) is 8.26. The molecule has 0 aromatic carbocycles. The molecule has 1 saturated heterocycles. The lowest BCUT2D eigenvalue weighted by Gasteiger charge is -2.24. The summed E-state index contributed by atoms with van der Waals surface area (Å²) in [6.45, 7) is 5.06.